The second-order valence-corrected chi connectivity index (χ2v) is 5.99. The molecule has 0 radical (unpaired) electrons. The zero-order chi connectivity index (χ0) is 17.8. The Hall–Kier alpha value is -2.98. The summed E-state index contributed by atoms with van der Waals surface area (Å²) < 4.78 is 0. The average Bonchev–Trinajstić information content (AvgIpc) is 2.60. The van der Waals surface area contributed by atoms with Crippen molar-refractivity contribution in [2.75, 3.05) is 0 Å². The fourth-order valence-electron chi connectivity index (χ4n) is 2.43. The molecule has 0 atom stereocenters. The van der Waals surface area contributed by atoms with Gasteiger partial charge < -0.3 is 4.98 Å². The van der Waals surface area contributed by atoms with Crippen molar-refractivity contribution in [2.24, 2.45) is 0 Å². The molecule has 0 saturated heterocycles. The van der Waals surface area contributed by atoms with Gasteiger partial charge in [0, 0.05) is 10.5 Å². The van der Waals surface area contributed by atoms with Crippen LogP contribution >= 0.6 is 11.6 Å². The minimum Gasteiger partial charge on any atom is -0.321 e. The van der Waals surface area contributed by atoms with Crippen LogP contribution in [0.15, 0.2) is 65.5 Å². The van der Waals surface area contributed by atoms with Crippen LogP contribution in [0, 0.1) is 0 Å². The second kappa shape index (κ2) is 7.28. The van der Waals surface area contributed by atoms with Crippen molar-refractivity contribution in [3.05, 3.63) is 87.2 Å². The lowest BCUT2D eigenvalue weighted by Crippen LogP contribution is -2.19. The number of fused-ring (bicyclic) bond motifs is 1. The molecular formula is C20H14ClNO3. The van der Waals surface area contributed by atoms with Gasteiger partial charge in [-0.2, -0.15) is 0 Å². The first-order chi connectivity index (χ1) is 12.0. The maximum atomic E-state index is 12.3. The molecule has 4 nitrogen and oxygen atoms in total. The summed E-state index contributed by atoms with van der Waals surface area (Å²) >= 11 is 5.80. The molecule has 2 aromatic carbocycles. The number of halogens is 1. The lowest BCUT2D eigenvalue weighted by molar-refractivity contribution is -0.113. The molecule has 1 N–H and O–H groups in total. The zero-order valence-electron chi connectivity index (χ0n) is 13.2. The lowest BCUT2D eigenvalue weighted by atomic mass is 10.0. The molecule has 25 heavy (non-hydrogen) atoms. The van der Waals surface area contributed by atoms with E-state index in [4.69, 9.17) is 11.6 Å². The van der Waals surface area contributed by atoms with E-state index in [2.05, 4.69) is 4.98 Å². The predicted molar refractivity (Wildman–Crippen MR) is 99.0 cm³/mol. The predicted octanol–water partition coefficient (Wildman–Crippen LogP) is 4.04. The van der Waals surface area contributed by atoms with Crippen LogP contribution in [0.3, 0.4) is 0 Å². The molecule has 0 amide bonds. The number of carbonyl (C=O) groups excluding carboxylic acids is 2. The van der Waals surface area contributed by atoms with Gasteiger partial charge >= 0.3 is 0 Å². The first-order valence-electron chi connectivity index (χ1n) is 7.65. The van der Waals surface area contributed by atoms with Gasteiger partial charge in [0.1, 0.15) is 0 Å². The Morgan fingerprint density at radius 3 is 2.52 bits per heavy atom. The summed E-state index contributed by atoms with van der Waals surface area (Å²) in [4.78, 5) is 39.0. The molecule has 0 bridgehead atoms. The van der Waals surface area contributed by atoms with Crippen LogP contribution in [0.5, 0.6) is 0 Å². The van der Waals surface area contributed by atoms with Crippen LogP contribution in [0.4, 0.5) is 0 Å². The van der Waals surface area contributed by atoms with E-state index in [0.29, 0.717) is 10.5 Å². The highest BCUT2D eigenvalue weighted by atomic mass is 35.5. The van der Waals surface area contributed by atoms with Crippen LogP contribution in [0.2, 0.25) is 5.02 Å². The Balaban J connectivity index is 1.75. The molecule has 3 aromatic rings. The Labute approximate surface area is 148 Å². The third-order valence-electron chi connectivity index (χ3n) is 3.72. The number of allylic oxidation sites excluding steroid dienone is 1. The minimum atomic E-state index is -0.502. The Morgan fingerprint density at radius 1 is 1.04 bits per heavy atom. The Bertz CT molecular complexity index is 1030. The number of hydrogen-bond donors (Lipinski definition) is 1. The molecule has 0 saturated carbocycles. The van der Waals surface area contributed by atoms with Crippen LogP contribution in [-0.4, -0.2) is 16.6 Å². The fourth-order valence-corrected chi connectivity index (χ4v) is 2.56. The van der Waals surface area contributed by atoms with E-state index in [1.54, 1.807) is 48.5 Å². The second-order valence-electron chi connectivity index (χ2n) is 5.55. The van der Waals surface area contributed by atoms with Crippen molar-refractivity contribution < 1.29 is 9.59 Å². The molecule has 0 fully saturated rings. The number of carbonyl (C=O) groups is 2. The molecule has 124 valence electrons. The van der Waals surface area contributed by atoms with Gasteiger partial charge in [-0.25, -0.2) is 0 Å². The summed E-state index contributed by atoms with van der Waals surface area (Å²) in [6.07, 6.45) is 2.58. The number of pyridine rings is 1. The Kier molecular flexibility index (Phi) is 4.91. The normalized spacial score (nSPS) is 11.1. The van der Waals surface area contributed by atoms with Crippen molar-refractivity contribution in [3.63, 3.8) is 0 Å². The van der Waals surface area contributed by atoms with Gasteiger partial charge in [0.05, 0.1) is 12.0 Å². The number of benzene rings is 2. The molecule has 0 unspecified atom stereocenters. The van der Waals surface area contributed by atoms with Gasteiger partial charge in [0.2, 0.25) is 0 Å². The number of aromatic amines is 1. The molecule has 1 aromatic heterocycles. The largest absolute Gasteiger partial charge is 0.321 e. The SMILES string of the molecule is O=C(/C=C/c1ccc(Cl)cc1)CC(=O)c1cc2ccccc2[nH]c1=O. The molecular weight excluding hydrogens is 338 g/mol. The van der Waals surface area contributed by atoms with E-state index in [-0.39, 0.29) is 17.8 Å². The van der Waals surface area contributed by atoms with E-state index in [1.165, 1.54) is 12.1 Å². The van der Waals surface area contributed by atoms with Crippen LogP contribution in [0.25, 0.3) is 17.0 Å². The molecule has 5 heteroatoms. The smallest absolute Gasteiger partial charge is 0.259 e. The third kappa shape index (κ3) is 4.11. The van der Waals surface area contributed by atoms with E-state index < -0.39 is 11.3 Å². The van der Waals surface area contributed by atoms with Gasteiger partial charge in [-0.3, -0.25) is 14.4 Å². The standard InChI is InChI=1S/C20H14ClNO3/c21-15-8-5-13(6-9-15)7-10-16(23)12-19(24)17-11-14-3-1-2-4-18(14)22-20(17)25/h1-11H,12H2,(H,22,25)/b10-7+. The topological polar surface area (TPSA) is 67.0 Å². The first-order valence-corrected chi connectivity index (χ1v) is 8.02. The van der Waals surface area contributed by atoms with Crippen molar-refractivity contribution in [1.29, 1.82) is 0 Å². The van der Waals surface area contributed by atoms with E-state index in [1.807, 2.05) is 6.07 Å². The van der Waals surface area contributed by atoms with Crippen molar-refractivity contribution in [3.8, 4) is 0 Å². The quantitative estimate of drug-likeness (QED) is 0.428. The minimum absolute atomic E-state index is 0.00746. The van der Waals surface area contributed by atoms with Gasteiger partial charge in [0.15, 0.2) is 11.6 Å². The van der Waals surface area contributed by atoms with Crippen molar-refractivity contribution in [1.82, 2.24) is 4.98 Å². The lowest BCUT2D eigenvalue weighted by Gasteiger charge is -2.01. The Morgan fingerprint density at radius 2 is 1.76 bits per heavy atom. The molecule has 0 aliphatic carbocycles. The number of para-hydroxylation sites is 1. The van der Waals surface area contributed by atoms with E-state index in [9.17, 15) is 14.4 Å². The average molecular weight is 352 g/mol. The number of rotatable bonds is 5. The highest BCUT2D eigenvalue weighted by Gasteiger charge is 2.14. The zero-order valence-corrected chi connectivity index (χ0v) is 13.9. The summed E-state index contributed by atoms with van der Waals surface area (Å²) in [5.74, 6) is -0.870. The summed E-state index contributed by atoms with van der Waals surface area (Å²) in [7, 11) is 0. The number of hydrogen-bond acceptors (Lipinski definition) is 3. The third-order valence-corrected chi connectivity index (χ3v) is 3.97. The van der Waals surface area contributed by atoms with Crippen molar-refractivity contribution in [2.45, 2.75) is 6.42 Å². The summed E-state index contributed by atoms with van der Waals surface area (Å²) in [5, 5.41) is 1.35. The summed E-state index contributed by atoms with van der Waals surface area (Å²) in [6, 6.07) is 15.6. The fraction of sp³-hybridized carbons (Fsp3) is 0.0500. The monoisotopic (exact) mass is 351 g/mol. The molecule has 0 aliphatic heterocycles. The first kappa shape index (κ1) is 16.9. The molecule has 1 heterocycles. The van der Waals surface area contributed by atoms with Crippen LogP contribution in [0.1, 0.15) is 22.3 Å². The van der Waals surface area contributed by atoms with E-state index in [0.717, 1.165) is 10.9 Å². The summed E-state index contributed by atoms with van der Waals surface area (Å²) in [5.41, 5.74) is 0.955. The highest BCUT2D eigenvalue weighted by Crippen LogP contribution is 2.13. The van der Waals surface area contributed by atoms with Crippen molar-refractivity contribution >= 4 is 40.1 Å². The van der Waals surface area contributed by atoms with Crippen LogP contribution in [-0.2, 0) is 4.79 Å². The molecule has 0 spiro atoms. The van der Waals surface area contributed by atoms with Crippen LogP contribution < -0.4 is 5.56 Å². The van der Waals surface area contributed by atoms with E-state index >= 15 is 0 Å². The van der Waals surface area contributed by atoms with Gasteiger partial charge in [0.25, 0.3) is 5.56 Å². The van der Waals surface area contributed by atoms with Gasteiger partial charge in [-0.15, -0.1) is 0 Å². The number of ketones is 2. The number of nitrogens with one attached hydrogen (secondary N) is 1. The molecule has 0 aliphatic rings. The summed E-state index contributed by atoms with van der Waals surface area (Å²) in [6.45, 7) is 0. The number of Topliss-reactive ketones (excluding diaryl/α,β-unsaturated/α-hetero) is 1. The highest BCUT2D eigenvalue weighted by molar-refractivity contribution is 6.30. The van der Waals surface area contributed by atoms with Gasteiger partial charge in [-0.05, 0) is 41.3 Å². The maximum Gasteiger partial charge on any atom is 0.259 e. The number of H-pyrrole nitrogens is 1. The van der Waals surface area contributed by atoms with Gasteiger partial charge in [-0.1, -0.05) is 48.0 Å². The number of aromatic nitrogens is 1. The molecule has 3 rings (SSSR count). The maximum absolute atomic E-state index is 12.3.